The summed E-state index contributed by atoms with van der Waals surface area (Å²) in [5, 5.41) is 12.7. The van der Waals surface area contributed by atoms with Crippen molar-refractivity contribution in [1.82, 2.24) is 14.7 Å². The molecule has 94 valence electrons. The monoisotopic (exact) mass is 239 g/mol. The predicted octanol–water partition coefficient (Wildman–Crippen LogP) is 0.758. The van der Waals surface area contributed by atoms with Crippen molar-refractivity contribution < 1.29 is 14.7 Å². The van der Waals surface area contributed by atoms with Crippen molar-refractivity contribution in [3.63, 3.8) is 0 Å². The molecule has 0 radical (unpaired) electrons. The maximum atomic E-state index is 12.0. The number of nitrogens with zero attached hydrogens (tertiary/aromatic N) is 3. The highest BCUT2D eigenvalue weighted by atomic mass is 16.4. The third-order valence-electron chi connectivity index (χ3n) is 2.43. The minimum absolute atomic E-state index is 0.0541. The molecule has 0 saturated heterocycles. The summed E-state index contributed by atoms with van der Waals surface area (Å²) in [6.45, 7) is 4.53. The Balaban J connectivity index is 2.77. The van der Waals surface area contributed by atoms with Gasteiger partial charge in [-0.2, -0.15) is 5.10 Å². The van der Waals surface area contributed by atoms with Gasteiger partial charge in [0, 0.05) is 20.1 Å². The van der Waals surface area contributed by atoms with Gasteiger partial charge in [-0.3, -0.25) is 14.3 Å². The summed E-state index contributed by atoms with van der Waals surface area (Å²) in [7, 11) is 1.59. The fourth-order valence-corrected chi connectivity index (χ4v) is 1.52. The molecule has 1 aromatic rings. The molecule has 1 aromatic heterocycles. The molecular formula is C11H17N3O3. The molecule has 1 rings (SSSR count). The number of hydrogen-bond acceptors (Lipinski definition) is 3. The minimum Gasteiger partial charge on any atom is -0.481 e. The number of hydrogen-bond donors (Lipinski definition) is 1. The SMILES string of the molecule is CCn1nc(C)cc1C(=O)N(C)CCC(=O)O. The van der Waals surface area contributed by atoms with Gasteiger partial charge < -0.3 is 10.0 Å². The van der Waals surface area contributed by atoms with Crippen LogP contribution < -0.4 is 0 Å². The molecule has 0 unspecified atom stereocenters. The lowest BCUT2D eigenvalue weighted by atomic mass is 10.3. The van der Waals surface area contributed by atoms with E-state index < -0.39 is 5.97 Å². The van der Waals surface area contributed by atoms with Crippen LogP contribution in [0.25, 0.3) is 0 Å². The second-order valence-corrected chi connectivity index (χ2v) is 3.86. The van der Waals surface area contributed by atoms with Crippen LogP contribution in [-0.4, -0.2) is 45.3 Å². The second kappa shape index (κ2) is 5.47. The number of carbonyl (C=O) groups is 2. The van der Waals surface area contributed by atoms with Crippen molar-refractivity contribution in [2.45, 2.75) is 26.8 Å². The van der Waals surface area contributed by atoms with Crippen LogP contribution in [0.4, 0.5) is 0 Å². The zero-order chi connectivity index (χ0) is 13.0. The van der Waals surface area contributed by atoms with E-state index >= 15 is 0 Å². The molecule has 0 spiro atoms. The largest absolute Gasteiger partial charge is 0.481 e. The first-order valence-corrected chi connectivity index (χ1v) is 5.47. The van der Waals surface area contributed by atoms with Gasteiger partial charge in [-0.05, 0) is 19.9 Å². The zero-order valence-electron chi connectivity index (χ0n) is 10.3. The number of aliphatic carboxylic acids is 1. The summed E-state index contributed by atoms with van der Waals surface area (Å²) in [6, 6.07) is 1.71. The van der Waals surface area contributed by atoms with E-state index in [2.05, 4.69) is 5.10 Å². The highest BCUT2D eigenvalue weighted by Gasteiger charge is 2.17. The Hall–Kier alpha value is -1.85. The Bertz CT molecular complexity index is 426. The lowest BCUT2D eigenvalue weighted by molar-refractivity contribution is -0.137. The first-order chi connectivity index (χ1) is 7.95. The van der Waals surface area contributed by atoms with Crippen LogP contribution in [0.3, 0.4) is 0 Å². The molecule has 0 fully saturated rings. The highest BCUT2D eigenvalue weighted by molar-refractivity contribution is 5.92. The van der Waals surface area contributed by atoms with Gasteiger partial charge >= 0.3 is 5.97 Å². The van der Waals surface area contributed by atoms with E-state index in [9.17, 15) is 9.59 Å². The normalized spacial score (nSPS) is 10.3. The Morgan fingerprint density at radius 2 is 2.18 bits per heavy atom. The Kier molecular flexibility index (Phi) is 4.25. The molecule has 0 saturated carbocycles. The molecule has 17 heavy (non-hydrogen) atoms. The average Bonchev–Trinajstić information content (AvgIpc) is 2.66. The molecule has 0 aromatic carbocycles. The molecule has 0 bridgehead atoms. The molecule has 0 aliphatic rings. The number of amides is 1. The number of carboxylic acid groups (broad SMARTS) is 1. The molecule has 0 aliphatic heterocycles. The summed E-state index contributed by atoms with van der Waals surface area (Å²) in [5.41, 5.74) is 1.28. The number of aromatic nitrogens is 2. The van der Waals surface area contributed by atoms with Crippen LogP contribution in [0.5, 0.6) is 0 Å². The van der Waals surface area contributed by atoms with Crippen LogP contribution >= 0.6 is 0 Å². The molecule has 1 heterocycles. The van der Waals surface area contributed by atoms with E-state index in [1.807, 2.05) is 13.8 Å². The maximum Gasteiger partial charge on any atom is 0.305 e. The van der Waals surface area contributed by atoms with Gasteiger partial charge in [-0.15, -0.1) is 0 Å². The van der Waals surface area contributed by atoms with E-state index in [-0.39, 0.29) is 18.9 Å². The van der Waals surface area contributed by atoms with Crippen molar-refractivity contribution in [1.29, 1.82) is 0 Å². The predicted molar refractivity (Wildman–Crippen MR) is 61.9 cm³/mol. The standard InChI is InChI=1S/C11H17N3O3/c1-4-14-9(7-8(2)12-14)11(17)13(3)6-5-10(15)16/h7H,4-6H2,1-3H3,(H,15,16). The number of carbonyl (C=O) groups excluding carboxylic acids is 1. The van der Waals surface area contributed by atoms with Crippen LogP contribution in [0.15, 0.2) is 6.07 Å². The molecular weight excluding hydrogens is 222 g/mol. The van der Waals surface area contributed by atoms with Crippen LogP contribution in [0.2, 0.25) is 0 Å². The van der Waals surface area contributed by atoms with E-state index in [0.717, 1.165) is 5.69 Å². The average molecular weight is 239 g/mol. The summed E-state index contributed by atoms with van der Waals surface area (Å²) in [4.78, 5) is 23.9. The van der Waals surface area contributed by atoms with Gasteiger partial charge in [0.2, 0.25) is 0 Å². The van der Waals surface area contributed by atoms with Crippen LogP contribution in [0, 0.1) is 6.92 Å². The topological polar surface area (TPSA) is 75.4 Å². The van der Waals surface area contributed by atoms with E-state index in [1.165, 1.54) is 4.90 Å². The van der Waals surface area contributed by atoms with Crippen molar-refractivity contribution in [2.75, 3.05) is 13.6 Å². The zero-order valence-corrected chi connectivity index (χ0v) is 10.3. The Morgan fingerprint density at radius 3 is 2.71 bits per heavy atom. The molecule has 6 nitrogen and oxygen atoms in total. The first-order valence-electron chi connectivity index (χ1n) is 5.47. The van der Waals surface area contributed by atoms with Gasteiger partial charge in [-0.1, -0.05) is 0 Å². The van der Waals surface area contributed by atoms with Crippen molar-refractivity contribution >= 4 is 11.9 Å². The smallest absolute Gasteiger partial charge is 0.305 e. The third kappa shape index (κ3) is 3.30. The fraction of sp³-hybridized carbons (Fsp3) is 0.545. The van der Waals surface area contributed by atoms with Gasteiger partial charge in [0.25, 0.3) is 5.91 Å². The van der Waals surface area contributed by atoms with Crippen LogP contribution in [0.1, 0.15) is 29.5 Å². The van der Waals surface area contributed by atoms with E-state index in [1.54, 1.807) is 17.8 Å². The van der Waals surface area contributed by atoms with Crippen molar-refractivity contribution in [3.8, 4) is 0 Å². The molecule has 0 atom stereocenters. The number of rotatable bonds is 5. The highest BCUT2D eigenvalue weighted by Crippen LogP contribution is 2.07. The van der Waals surface area contributed by atoms with Gasteiger partial charge in [0.1, 0.15) is 5.69 Å². The van der Waals surface area contributed by atoms with Crippen molar-refractivity contribution in [3.05, 3.63) is 17.5 Å². The quantitative estimate of drug-likeness (QED) is 0.823. The maximum absolute atomic E-state index is 12.0. The van der Waals surface area contributed by atoms with Crippen LogP contribution in [-0.2, 0) is 11.3 Å². The molecule has 6 heteroatoms. The molecule has 1 amide bonds. The summed E-state index contributed by atoms with van der Waals surface area (Å²) >= 11 is 0. The Labute approximate surface area is 99.8 Å². The number of carboxylic acids is 1. The molecule has 1 N–H and O–H groups in total. The summed E-state index contributed by atoms with van der Waals surface area (Å²) < 4.78 is 1.62. The minimum atomic E-state index is -0.912. The van der Waals surface area contributed by atoms with Gasteiger partial charge in [-0.25, -0.2) is 0 Å². The lowest BCUT2D eigenvalue weighted by Crippen LogP contribution is -2.30. The first kappa shape index (κ1) is 13.2. The molecule has 0 aliphatic carbocycles. The summed E-state index contributed by atoms with van der Waals surface area (Å²) in [5.74, 6) is -1.11. The summed E-state index contributed by atoms with van der Waals surface area (Å²) in [6.07, 6.45) is -0.0541. The third-order valence-corrected chi connectivity index (χ3v) is 2.43. The fourth-order valence-electron chi connectivity index (χ4n) is 1.52. The number of aryl methyl sites for hydroxylation is 2. The van der Waals surface area contributed by atoms with Crippen molar-refractivity contribution in [2.24, 2.45) is 0 Å². The Morgan fingerprint density at radius 1 is 1.53 bits per heavy atom. The van der Waals surface area contributed by atoms with E-state index in [4.69, 9.17) is 5.11 Å². The van der Waals surface area contributed by atoms with Gasteiger partial charge in [0.05, 0.1) is 12.1 Å². The van der Waals surface area contributed by atoms with Gasteiger partial charge in [0.15, 0.2) is 0 Å². The second-order valence-electron chi connectivity index (χ2n) is 3.86. The van der Waals surface area contributed by atoms with E-state index in [0.29, 0.717) is 12.2 Å². The lowest BCUT2D eigenvalue weighted by Gasteiger charge is -2.16.